The van der Waals surface area contributed by atoms with E-state index in [9.17, 15) is 0 Å². The van der Waals surface area contributed by atoms with Crippen LogP contribution < -0.4 is 5.32 Å². The molecule has 0 saturated carbocycles. The van der Waals surface area contributed by atoms with Gasteiger partial charge in [0.2, 0.25) is 0 Å². The van der Waals surface area contributed by atoms with Gasteiger partial charge in [0.25, 0.3) is 0 Å². The monoisotopic (exact) mass is 266 g/mol. The normalized spacial score (nSPS) is 34.2. The van der Waals surface area contributed by atoms with Crippen LogP contribution in [0.3, 0.4) is 0 Å². The summed E-state index contributed by atoms with van der Waals surface area (Å²) in [5, 5.41) is 3.63. The predicted octanol–water partition coefficient (Wildman–Crippen LogP) is 3.57. The molecule has 4 rings (SSSR count). The SMILES string of the molecule is CC[C@@H]1C[C@@]23C(=N1)NC(C)=C(C)C2Cc1ccccc13. The molecule has 20 heavy (non-hydrogen) atoms. The summed E-state index contributed by atoms with van der Waals surface area (Å²) >= 11 is 0. The van der Waals surface area contributed by atoms with Crippen LogP contribution in [-0.2, 0) is 11.8 Å². The highest BCUT2D eigenvalue weighted by molar-refractivity contribution is 5.99. The number of nitrogens with one attached hydrogen (secondary N) is 1. The molecule has 1 aliphatic carbocycles. The van der Waals surface area contributed by atoms with Crippen molar-refractivity contribution in [3.63, 3.8) is 0 Å². The van der Waals surface area contributed by atoms with Crippen molar-refractivity contribution in [2.75, 3.05) is 0 Å². The minimum atomic E-state index is 0.140. The highest BCUT2D eigenvalue weighted by Crippen LogP contribution is 2.55. The smallest absolute Gasteiger partial charge is 0.112 e. The fourth-order valence-electron chi connectivity index (χ4n) is 4.51. The van der Waals surface area contributed by atoms with Crippen LogP contribution in [0, 0.1) is 5.92 Å². The van der Waals surface area contributed by atoms with E-state index in [-0.39, 0.29) is 5.41 Å². The zero-order valence-electron chi connectivity index (χ0n) is 12.5. The largest absolute Gasteiger partial charge is 0.347 e. The molecule has 0 fully saturated rings. The quantitative estimate of drug-likeness (QED) is 0.825. The highest BCUT2D eigenvalue weighted by Gasteiger charge is 2.56. The van der Waals surface area contributed by atoms with Gasteiger partial charge in [-0.3, -0.25) is 4.99 Å². The number of amidine groups is 1. The third kappa shape index (κ3) is 1.32. The predicted molar refractivity (Wildman–Crippen MR) is 83.0 cm³/mol. The third-order valence-electron chi connectivity index (χ3n) is 5.70. The average Bonchev–Trinajstić information content (AvgIpc) is 2.99. The van der Waals surface area contributed by atoms with E-state index in [0.29, 0.717) is 12.0 Å². The Morgan fingerprint density at radius 1 is 1.30 bits per heavy atom. The molecule has 3 atom stereocenters. The molecule has 104 valence electrons. The van der Waals surface area contributed by atoms with Crippen LogP contribution in [0.15, 0.2) is 40.5 Å². The Balaban J connectivity index is 1.95. The van der Waals surface area contributed by atoms with Crippen molar-refractivity contribution < 1.29 is 0 Å². The second kappa shape index (κ2) is 3.97. The zero-order valence-corrected chi connectivity index (χ0v) is 12.5. The van der Waals surface area contributed by atoms with Crippen LogP contribution in [0.5, 0.6) is 0 Å². The maximum Gasteiger partial charge on any atom is 0.112 e. The second-order valence-corrected chi connectivity index (χ2v) is 6.56. The summed E-state index contributed by atoms with van der Waals surface area (Å²) in [6, 6.07) is 9.48. The summed E-state index contributed by atoms with van der Waals surface area (Å²) in [6.07, 6.45) is 3.49. The molecule has 1 N–H and O–H groups in total. The van der Waals surface area contributed by atoms with Crippen LogP contribution >= 0.6 is 0 Å². The lowest BCUT2D eigenvalue weighted by atomic mass is 9.66. The van der Waals surface area contributed by atoms with Gasteiger partial charge in [-0.15, -0.1) is 0 Å². The summed E-state index contributed by atoms with van der Waals surface area (Å²) < 4.78 is 0. The topological polar surface area (TPSA) is 24.4 Å². The van der Waals surface area contributed by atoms with Gasteiger partial charge >= 0.3 is 0 Å². The van der Waals surface area contributed by atoms with Crippen molar-refractivity contribution in [2.45, 2.75) is 51.5 Å². The summed E-state index contributed by atoms with van der Waals surface area (Å²) in [7, 11) is 0. The minimum absolute atomic E-state index is 0.140. The number of hydrogen-bond acceptors (Lipinski definition) is 2. The number of benzene rings is 1. The maximum absolute atomic E-state index is 5.02. The standard InChI is InChI=1S/C18H22N2/c1-4-14-10-18-15-8-6-5-7-13(15)9-16(18)11(2)12(3)19-17(18)20-14/h5-8,14,16H,4,9-10H2,1-3H3,(H,19,20)/t14-,16?,18+/m1/s1. The lowest BCUT2D eigenvalue weighted by molar-refractivity contribution is 0.387. The number of nitrogens with zero attached hydrogens (tertiary/aromatic N) is 1. The van der Waals surface area contributed by atoms with E-state index in [1.807, 2.05) is 0 Å². The molecule has 2 heteroatoms. The van der Waals surface area contributed by atoms with E-state index in [0.717, 1.165) is 6.42 Å². The van der Waals surface area contributed by atoms with Gasteiger partial charge in [-0.25, -0.2) is 0 Å². The first-order valence-electron chi connectivity index (χ1n) is 7.78. The molecule has 0 bridgehead atoms. The Bertz CT molecular complexity index is 641. The van der Waals surface area contributed by atoms with Crippen molar-refractivity contribution in [3.8, 4) is 0 Å². The molecular formula is C18H22N2. The van der Waals surface area contributed by atoms with Crippen LogP contribution in [0.4, 0.5) is 0 Å². The molecule has 2 heterocycles. The van der Waals surface area contributed by atoms with Gasteiger partial charge in [-0.2, -0.15) is 0 Å². The Morgan fingerprint density at radius 3 is 2.90 bits per heavy atom. The van der Waals surface area contributed by atoms with Gasteiger partial charge in [0, 0.05) is 11.6 Å². The third-order valence-corrected chi connectivity index (χ3v) is 5.70. The Morgan fingerprint density at radius 2 is 2.10 bits per heavy atom. The Hall–Kier alpha value is -1.57. The van der Waals surface area contributed by atoms with E-state index < -0.39 is 0 Å². The molecule has 1 aromatic rings. The van der Waals surface area contributed by atoms with E-state index in [2.05, 4.69) is 50.4 Å². The Kier molecular flexibility index (Phi) is 2.42. The first-order valence-corrected chi connectivity index (χ1v) is 7.78. The van der Waals surface area contributed by atoms with Gasteiger partial charge in [0.1, 0.15) is 5.84 Å². The lowest BCUT2D eigenvalue weighted by Crippen LogP contribution is -2.49. The first kappa shape index (κ1) is 12.2. The molecule has 3 aliphatic rings. The van der Waals surface area contributed by atoms with Gasteiger partial charge in [-0.05, 0) is 49.8 Å². The number of aliphatic imine (C=N–C) groups is 1. The molecule has 1 unspecified atom stereocenters. The van der Waals surface area contributed by atoms with E-state index in [1.165, 1.54) is 41.1 Å². The first-order chi connectivity index (χ1) is 9.66. The Labute approximate surface area is 121 Å². The molecule has 0 radical (unpaired) electrons. The van der Waals surface area contributed by atoms with Gasteiger partial charge in [0.15, 0.2) is 0 Å². The van der Waals surface area contributed by atoms with E-state index >= 15 is 0 Å². The highest BCUT2D eigenvalue weighted by atomic mass is 15.1. The van der Waals surface area contributed by atoms with Gasteiger partial charge in [0.05, 0.1) is 11.5 Å². The number of allylic oxidation sites excluding steroid dienone is 2. The molecular weight excluding hydrogens is 244 g/mol. The molecule has 2 nitrogen and oxygen atoms in total. The number of hydrogen-bond donors (Lipinski definition) is 1. The van der Waals surface area contributed by atoms with Gasteiger partial charge < -0.3 is 5.32 Å². The van der Waals surface area contributed by atoms with Crippen LogP contribution in [0.2, 0.25) is 0 Å². The summed E-state index contributed by atoms with van der Waals surface area (Å²) in [4.78, 5) is 5.02. The second-order valence-electron chi connectivity index (χ2n) is 6.56. The number of rotatable bonds is 1. The van der Waals surface area contributed by atoms with E-state index in [4.69, 9.17) is 4.99 Å². The minimum Gasteiger partial charge on any atom is -0.347 e. The zero-order chi connectivity index (χ0) is 13.9. The summed E-state index contributed by atoms with van der Waals surface area (Å²) in [5.74, 6) is 1.85. The molecule has 0 saturated heterocycles. The van der Waals surface area contributed by atoms with Crippen LogP contribution in [-0.4, -0.2) is 11.9 Å². The molecule has 0 aromatic heterocycles. The lowest BCUT2D eigenvalue weighted by Gasteiger charge is -2.40. The maximum atomic E-state index is 5.02. The summed E-state index contributed by atoms with van der Waals surface area (Å²) in [5.41, 5.74) is 6.03. The van der Waals surface area contributed by atoms with Crippen molar-refractivity contribution in [2.24, 2.45) is 10.9 Å². The average molecular weight is 266 g/mol. The fourth-order valence-corrected chi connectivity index (χ4v) is 4.51. The van der Waals surface area contributed by atoms with Crippen molar-refractivity contribution in [1.82, 2.24) is 5.32 Å². The molecule has 1 aromatic carbocycles. The van der Waals surface area contributed by atoms with Crippen molar-refractivity contribution in [1.29, 1.82) is 0 Å². The van der Waals surface area contributed by atoms with Crippen LogP contribution in [0.1, 0.15) is 44.7 Å². The van der Waals surface area contributed by atoms with E-state index in [1.54, 1.807) is 0 Å². The summed E-state index contributed by atoms with van der Waals surface area (Å²) in [6.45, 7) is 6.76. The van der Waals surface area contributed by atoms with Crippen LogP contribution in [0.25, 0.3) is 0 Å². The van der Waals surface area contributed by atoms with Crippen molar-refractivity contribution >= 4 is 5.84 Å². The van der Waals surface area contributed by atoms with Gasteiger partial charge in [-0.1, -0.05) is 31.2 Å². The molecule has 0 amide bonds. The molecule has 1 spiro atoms. The number of fused-ring (bicyclic) bond motifs is 1. The fraction of sp³-hybridized carbons (Fsp3) is 0.500. The molecule has 2 aliphatic heterocycles. The van der Waals surface area contributed by atoms with Crippen molar-refractivity contribution in [3.05, 3.63) is 46.7 Å².